The molecule has 1 aliphatic heterocycles. The van der Waals surface area contributed by atoms with Crippen molar-refractivity contribution in [3.05, 3.63) is 100 Å². The van der Waals surface area contributed by atoms with Gasteiger partial charge in [-0.15, -0.1) is 0 Å². The number of nitrogens with zero attached hydrogens (tertiary/aromatic N) is 1. The molecule has 1 saturated heterocycles. The molecule has 0 unspecified atom stereocenters. The summed E-state index contributed by atoms with van der Waals surface area (Å²) in [5.41, 5.74) is 3.15. The number of hydrogen-bond donors (Lipinski definition) is 1. The standard InChI is InChI=1S/C26H21FN2O4/c1-16-11-17(2)13-18(12-16)15-33-23-10-6-3-7-19(23)14-20-24(30)28-26(32)29(25(20)31)22-9-5-4-8-21(22)27/h3-14H,15H2,1-2H3,(H,28,30,32)/b20-14-. The zero-order chi connectivity index (χ0) is 23.5. The van der Waals surface area contributed by atoms with Crippen molar-refractivity contribution in [1.29, 1.82) is 0 Å². The van der Waals surface area contributed by atoms with E-state index in [1.54, 1.807) is 24.3 Å². The maximum absolute atomic E-state index is 14.3. The fourth-order valence-corrected chi connectivity index (χ4v) is 3.71. The summed E-state index contributed by atoms with van der Waals surface area (Å²) in [6, 6.07) is 17.4. The smallest absolute Gasteiger partial charge is 0.336 e. The van der Waals surface area contributed by atoms with Gasteiger partial charge in [-0.2, -0.15) is 0 Å². The van der Waals surface area contributed by atoms with Crippen molar-refractivity contribution in [1.82, 2.24) is 5.32 Å². The minimum absolute atomic E-state index is 0.238. The summed E-state index contributed by atoms with van der Waals surface area (Å²) in [6.45, 7) is 4.30. The molecular weight excluding hydrogens is 423 g/mol. The van der Waals surface area contributed by atoms with E-state index in [0.717, 1.165) is 22.8 Å². The first kappa shape index (κ1) is 22.0. The van der Waals surface area contributed by atoms with Gasteiger partial charge in [0.25, 0.3) is 11.8 Å². The highest BCUT2D eigenvalue weighted by Crippen LogP contribution is 2.27. The summed E-state index contributed by atoms with van der Waals surface area (Å²) in [4.78, 5) is 38.4. The van der Waals surface area contributed by atoms with E-state index in [9.17, 15) is 18.8 Å². The summed E-state index contributed by atoms with van der Waals surface area (Å²) < 4.78 is 20.2. The number of amides is 4. The van der Waals surface area contributed by atoms with Gasteiger partial charge in [0, 0.05) is 5.56 Å². The molecule has 166 valence electrons. The molecular formula is C26H21FN2O4. The van der Waals surface area contributed by atoms with Crippen LogP contribution in [0.15, 0.2) is 72.3 Å². The first-order chi connectivity index (χ1) is 15.8. The second-order valence-corrected chi connectivity index (χ2v) is 7.73. The van der Waals surface area contributed by atoms with E-state index in [1.807, 2.05) is 26.0 Å². The van der Waals surface area contributed by atoms with Gasteiger partial charge in [-0.1, -0.05) is 59.7 Å². The molecule has 1 fully saturated rings. The number of rotatable bonds is 5. The number of anilines is 1. The lowest BCUT2D eigenvalue weighted by Crippen LogP contribution is -2.54. The Kier molecular flexibility index (Phi) is 6.04. The topological polar surface area (TPSA) is 75.7 Å². The Hall–Kier alpha value is -4.26. The van der Waals surface area contributed by atoms with E-state index in [1.165, 1.54) is 24.3 Å². The van der Waals surface area contributed by atoms with Gasteiger partial charge in [-0.25, -0.2) is 14.1 Å². The maximum atomic E-state index is 14.3. The Morgan fingerprint density at radius 1 is 0.939 bits per heavy atom. The largest absolute Gasteiger partial charge is 0.488 e. The van der Waals surface area contributed by atoms with Gasteiger partial charge in [0.05, 0.1) is 5.69 Å². The first-order valence-corrected chi connectivity index (χ1v) is 10.3. The molecule has 33 heavy (non-hydrogen) atoms. The molecule has 0 spiro atoms. The average Bonchev–Trinajstić information content (AvgIpc) is 2.76. The molecule has 3 aromatic rings. The van der Waals surface area contributed by atoms with E-state index in [-0.39, 0.29) is 11.3 Å². The highest BCUT2D eigenvalue weighted by atomic mass is 19.1. The van der Waals surface area contributed by atoms with Crippen LogP contribution >= 0.6 is 0 Å². The van der Waals surface area contributed by atoms with Crippen LogP contribution in [0.25, 0.3) is 6.08 Å². The first-order valence-electron chi connectivity index (χ1n) is 10.3. The molecule has 0 bridgehead atoms. The number of para-hydroxylation sites is 2. The predicted octanol–water partition coefficient (Wildman–Crippen LogP) is 4.69. The predicted molar refractivity (Wildman–Crippen MR) is 122 cm³/mol. The zero-order valence-electron chi connectivity index (χ0n) is 18.1. The summed E-state index contributed by atoms with van der Waals surface area (Å²) in [7, 11) is 0. The molecule has 4 amide bonds. The molecule has 0 saturated carbocycles. The second kappa shape index (κ2) is 9.08. The third kappa shape index (κ3) is 4.67. The lowest BCUT2D eigenvalue weighted by molar-refractivity contribution is -0.122. The van der Waals surface area contributed by atoms with Crippen molar-refractivity contribution >= 4 is 29.6 Å². The highest BCUT2D eigenvalue weighted by molar-refractivity contribution is 6.39. The molecule has 1 aliphatic rings. The lowest BCUT2D eigenvalue weighted by Gasteiger charge is -2.26. The third-order valence-electron chi connectivity index (χ3n) is 5.09. The number of nitrogens with one attached hydrogen (secondary N) is 1. The number of halogens is 1. The Bertz CT molecular complexity index is 1280. The molecule has 0 aliphatic carbocycles. The minimum Gasteiger partial charge on any atom is -0.488 e. The number of carbonyl (C=O) groups is 3. The second-order valence-electron chi connectivity index (χ2n) is 7.73. The highest BCUT2D eigenvalue weighted by Gasteiger charge is 2.38. The number of carbonyl (C=O) groups excluding carboxylic acids is 3. The number of barbiturate groups is 1. The molecule has 0 radical (unpaired) electrons. The van der Waals surface area contributed by atoms with Gasteiger partial charge in [0.15, 0.2) is 0 Å². The number of ether oxygens (including phenoxy) is 1. The van der Waals surface area contributed by atoms with E-state index >= 15 is 0 Å². The Balaban J connectivity index is 1.65. The molecule has 0 atom stereocenters. The van der Waals surface area contributed by atoms with Crippen LogP contribution in [-0.2, 0) is 16.2 Å². The van der Waals surface area contributed by atoms with Crippen LogP contribution in [0.4, 0.5) is 14.9 Å². The van der Waals surface area contributed by atoms with E-state index in [2.05, 4.69) is 11.4 Å². The average molecular weight is 444 g/mol. The van der Waals surface area contributed by atoms with Crippen molar-refractivity contribution in [2.24, 2.45) is 0 Å². The quantitative estimate of drug-likeness (QED) is 0.458. The molecule has 4 rings (SSSR count). The van der Waals surface area contributed by atoms with Crippen LogP contribution in [0, 0.1) is 19.7 Å². The molecule has 6 nitrogen and oxygen atoms in total. The molecule has 3 aromatic carbocycles. The maximum Gasteiger partial charge on any atom is 0.336 e. The van der Waals surface area contributed by atoms with Crippen molar-refractivity contribution in [2.45, 2.75) is 20.5 Å². The lowest BCUT2D eigenvalue weighted by atomic mass is 10.1. The number of benzene rings is 3. The molecule has 1 N–H and O–H groups in total. The van der Waals surface area contributed by atoms with Gasteiger partial charge >= 0.3 is 6.03 Å². The van der Waals surface area contributed by atoms with Gasteiger partial charge in [-0.3, -0.25) is 14.9 Å². The summed E-state index contributed by atoms with van der Waals surface area (Å²) in [5, 5.41) is 2.10. The Labute approximate surface area is 190 Å². The van der Waals surface area contributed by atoms with E-state index < -0.39 is 23.7 Å². The van der Waals surface area contributed by atoms with Gasteiger partial charge < -0.3 is 4.74 Å². The van der Waals surface area contributed by atoms with E-state index in [4.69, 9.17) is 4.74 Å². The summed E-state index contributed by atoms with van der Waals surface area (Å²) in [6.07, 6.45) is 1.34. The number of hydrogen-bond acceptors (Lipinski definition) is 4. The normalized spacial score (nSPS) is 15.1. The Morgan fingerprint density at radius 3 is 2.33 bits per heavy atom. The minimum atomic E-state index is -1.01. The van der Waals surface area contributed by atoms with Crippen LogP contribution in [-0.4, -0.2) is 17.8 Å². The summed E-state index contributed by atoms with van der Waals surface area (Å²) >= 11 is 0. The van der Waals surface area contributed by atoms with Crippen LogP contribution in [0.2, 0.25) is 0 Å². The monoisotopic (exact) mass is 444 g/mol. The molecule has 0 aromatic heterocycles. The van der Waals surface area contributed by atoms with Gasteiger partial charge in [0.2, 0.25) is 0 Å². The SMILES string of the molecule is Cc1cc(C)cc(COc2ccccc2/C=C2/C(=O)NC(=O)N(c3ccccc3F)C2=O)c1. The number of aryl methyl sites for hydroxylation is 2. The number of urea groups is 1. The van der Waals surface area contributed by atoms with Gasteiger partial charge in [0.1, 0.15) is 23.7 Å². The van der Waals surface area contributed by atoms with Crippen molar-refractivity contribution in [3.8, 4) is 5.75 Å². The Morgan fingerprint density at radius 2 is 1.61 bits per heavy atom. The fourth-order valence-electron chi connectivity index (χ4n) is 3.71. The molecule has 7 heteroatoms. The van der Waals surface area contributed by atoms with E-state index in [0.29, 0.717) is 22.8 Å². The summed E-state index contributed by atoms with van der Waals surface area (Å²) in [5.74, 6) is -2.08. The van der Waals surface area contributed by atoms with Crippen LogP contribution in [0.5, 0.6) is 5.75 Å². The zero-order valence-corrected chi connectivity index (χ0v) is 18.1. The molecule has 1 heterocycles. The number of imide groups is 2. The van der Waals surface area contributed by atoms with Crippen LogP contribution in [0.3, 0.4) is 0 Å². The third-order valence-corrected chi connectivity index (χ3v) is 5.09. The van der Waals surface area contributed by atoms with Crippen LogP contribution < -0.4 is 15.0 Å². The van der Waals surface area contributed by atoms with Crippen molar-refractivity contribution < 1.29 is 23.5 Å². The van der Waals surface area contributed by atoms with Crippen molar-refractivity contribution in [2.75, 3.05) is 4.90 Å². The van der Waals surface area contributed by atoms with Gasteiger partial charge in [-0.05, 0) is 43.7 Å². The van der Waals surface area contributed by atoms with Crippen LogP contribution in [0.1, 0.15) is 22.3 Å². The fraction of sp³-hybridized carbons (Fsp3) is 0.115. The van der Waals surface area contributed by atoms with Crippen molar-refractivity contribution in [3.63, 3.8) is 0 Å².